The van der Waals surface area contributed by atoms with Crippen molar-refractivity contribution in [3.63, 3.8) is 0 Å². The van der Waals surface area contributed by atoms with E-state index in [-0.39, 0.29) is 6.42 Å². The van der Waals surface area contributed by atoms with Gasteiger partial charge >= 0.3 is 17.9 Å². The Morgan fingerprint density at radius 2 is 0.959 bits per heavy atom. The van der Waals surface area contributed by atoms with Crippen molar-refractivity contribution in [3.05, 3.63) is 0 Å². The number of carbonyl (C=O) groups excluding carboxylic acids is 5. The Morgan fingerprint density at radius 3 is 1.41 bits per heavy atom. The molecule has 0 heterocycles. The zero-order chi connectivity index (χ0) is 37.7. The van der Waals surface area contributed by atoms with Crippen LogP contribution < -0.4 is 43.8 Å². The van der Waals surface area contributed by atoms with Crippen LogP contribution in [0.5, 0.6) is 0 Å². The predicted molar refractivity (Wildman–Crippen MR) is 172 cm³/mol. The van der Waals surface area contributed by atoms with Gasteiger partial charge in [-0.05, 0) is 71.9 Å². The van der Waals surface area contributed by atoms with Crippen molar-refractivity contribution < 1.29 is 58.8 Å². The fraction of sp³-hybridized carbons (Fsp3) is 0.724. The molecule has 7 atom stereocenters. The average molecular weight is 705 g/mol. The van der Waals surface area contributed by atoms with E-state index >= 15 is 0 Å². The van der Waals surface area contributed by atoms with Gasteiger partial charge in [-0.1, -0.05) is 6.42 Å². The number of aliphatic hydroxyl groups excluding tert-OH is 1. The maximum Gasteiger partial charge on any atom is 0.325 e. The van der Waals surface area contributed by atoms with Crippen LogP contribution in [-0.4, -0.2) is 123 Å². The number of carbonyl (C=O) groups is 8. The van der Waals surface area contributed by atoms with Gasteiger partial charge in [-0.2, -0.15) is 0 Å². The number of carboxylic acids is 3. The van der Waals surface area contributed by atoms with Crippen LogP contribution in [0.4, 0.5) is 0 Å². The summed E-state index contributed by atoms with van der Waals surface area (Å²) < 4.78 is 0. The van der Waals surface area contributed by atoms with Gasteiger partial charge in [-0.3, -0.25) is 38.4 Å². The van der Waals surface area contributed by atoms with E-state index in [1.165, 1.54) is 0 Å². The van der Waals surface area contributed by atoms with Gasteiger partial charge in [0.15, 0.2) is 0 Å². The lowest BCUT2D eigenvalue weighted by Crippen LogP contribution is -2.61. The summed E-state index contributed by atoms with van der Waals surface area (Å²) in [5, 5.41) is 49.1. The molecule has 5 amide bonds. The van der Waals surface area contributed by atoms with Crippen LogP contribution in [0.3, 0.4) is 0 Å². The first-order chi connectivity index (χ1) is 22.9. The third-order valence-corrected chi connectivity index (χ3v) is 7.24. The monoisotopic (exact) mass is 704 g/mol. The second-order valence-corrected chi connectivity index (χ2v) is 11.5. The van der Waals surface area contributed by atoms with Crippen LogP contribution in [0, 0.1) is 0 Å². The molecule has 20 heteroatoms. The van der Waals surface area contributed by atoms with E-state index in [0.717, 1.165) is 13.8 Å². The maximum atomic E-state index is 13.4. The number of amides is 5. The quantitative estimate of drug-likeness (QED) is 0.0384. The Morgan fingerprint density at radius 1 is 0.551 bits per heavy atom. The lowest BCUT2D eigenvalue weighted by molar-refractivity contribution is -0.142. The second kappa shape index (κ2) is 23.8. The first-order valence-corrected chi connectivity index (χ1v) is 16.0. The van der Waals surface area contributed by atoms with Crippen molar-refractivity contribution in [2.24, 2.45) is 17.2 Å². The summed E-state index contributed by atoms with van der Waals surface area (Å²) in [5.41, 5.74) is 17.0. The van der Waals surface area contributed by atoms with Gasteiger partial charge in [0, 0.05) is 12.8 Å². The number of hydrogen-bond acceptors (Lipinski definition) is 12. The number of carboxylic acid groups (broad SMARTS) is 3. The molecule has 0 aromatic rings. The molecule has 20 nitrogen and oxygen atoms in total. The lowest BCUT2D eigenvalue weighted by Gasteiger charge is -2.28. The van der Waals surface area contributed by atoms with Crippen molar-refractivity contribution in [3.8, 4) is 0 Å². The number of nitrogens with two attached hydrogens (primary N) is 3. The molecule has 0 rings (SSSR count). The highest BCUT2D eigenvalue weighted by Gasteiger charge is 2.34. The van der Waals surface area contributed by atoms with Crippen molar-refractivity contribution in [2.45, 2.75) is 120 Å². The molecule has 0 saturated heterocycles. The number of aliphatic hydroxyl groups is 1. The van der Waals surface area contributed by atoms with E-state index in [9.17, 15) is 48.6 Å². The fourth-order valence-corrected chi connectivity index (χ4v) is 4.32. The van der Waals surface area contributed by atoms with Gasteiger partial charge in [0.2, 0.25) is 29.5 Å². The van der Waals surface area contributed by atoms with Crippen molar-refractivity contribution >= 4 is 47.4 Å². The predicted octanol–water partition coefficient (Wildman–Crippen LogP) is -3.79. The summed E-state index contributed by atoms with van der Waals surface area (Å²) >= 11 is 0. The zero-order valence-electron chi connectivity index (χ0n) is 27.8. The van der Waals surface area contributed by atoms with Crippen molar-refractivity contribution in [1.29, 1.82) is 0 Å². The molecule has 0 saturated carbocycles. The summed E-state index contributed by atoms with van der Waals surface area (Å²) in [5.74, 6) is -8.89. The molecule has 280 valence electrons. The van der Waals surface area contributed by atoms with E-state index < -0.39 is 115 Å². The average Bonchev–Trinajstić information content (AvgIpc) is 3.02. The standard InChI is InChI=1S/C29H52N8O12/c1-15(29(48)49)33-25(44)19(9-11-21(39)40)36-28(47)23(16(2)38)37-27(46)20(10-12-22(41)42)35-26(45)18(8-4-6-14-31)34-24(43)17(32)7-3-5-13-30/h15-20,23,38H,3-14,30-32H2,1-2H3,(H,33,44)(H,34,43)(H,35,45)(H,36,47)(H,37,46)(H,39,40)(H,41,42)(H,48,49)/t15-,16+,17-,18-,19-,20-,23-/m0/s1. The fourth-order valence-electron chi connectivity index (χ4n) is 4.32. The smallest absolute Gasteiger partial charge is 0.325 e. The van der Waals surface area contributed by atoms with Crippen LogP contribution in [0.1, 0.15) is 78.1 Å². The number of aliphatic carboxylic acids is 3. The Hall–Kier alpha value is -4.40. The Bertz CT molecular complexity index is 1140. The summed E-state index contributed by atoms with van der Waals surface area (Å²) in [6.45, 7) is 2.94. The van der Waals surface area contributed by atoms with Gasteiger partial charge in [0.25, 0.3) is 0 Å². The maximum absolute atomic E-state index is 13.4. The zero-order valence-corrected chi connectivity index (χ0v) is 27.8. The molecule has 49 heavy (non-hydrogen) atoms. The van der Waals surface area contributed by atoms with Gasteiger partial charge in [-0.15, -0.1) is 0 Å². The Labute approximate surface area is 283 Å². The number of hydrogen-bond donors (Lipinski definition) is 12. The van der Waals surface area contributed by atoms with E-state index in [0.29, 0.717) is 45.2 Å². The molecule has 0 spiro atoms. The third kappa shape index (κ3) is 18.7. The number of nitrogens with one attached hydrogen (secondary N) is 5. The highest BCUT2D eigenvalue weighted by atomic mass is 16.4. The SMILES string of the molecule is C[C@H](NC(=O)[C@H](CCC(=O)O)NC(=O)[C@@H](NC(=O)[C@H](CCC(=O)O)NC(=O)[C@H](CCCCN)NC(=O)[C@@H](N)CCCCN)[C@@H](C)O)C(=O)O. The molecule has 0 aliphatic heterocycles. The minimum atomic E-state index is -1.81. The molecular weight excluding hydrogens is 652 g/mol. The highest BCUT2D eigenvalue weighted by molar-refractivity contribution is 5.96. The van der Waals surface area contributed by atoms with E-state index in [2.05, 4.69) is 26.6 Å². The summed E-state index contributed by atoms with van der Waals surface area (Å²) in [7, 11) is 0. The van der Waals surface area contributed by atoms with E-state index in [1.807, 2.05) is 0 Å². The molecule has 0 aliphatic rings. The largest absolute Gasteiger partial charge is 0.481 e. The van der Waals surface area contributed by atoms with E-state index in [1.54, 1.807) is 0 Å². The topological polar surface area (TPSA) is 356 Å². The number of rotatable bonds is 26. The number of unbranched alkanes of at least 4 members (excludes halogenated alkanes) is 2. The molecule has 0 aromatic carbocycles. The first kappa shape index (κ1) is 44.6. The highest BCUT2D eigenvalue weighted by Crippen LogP contribution is 2.08. The van der Waals surface area contributed by atoms with Gasteiger partial charge < -0.3 is 64.2 Å². The summed E-state index contributed by atoms with van der Waals surface area (Å²) in [6, 6.07) is -8.55. The molecule has 0 unspecified atom stereocenters. The minimum Gasteiger partial charge on any atom is -0.481 e. The van der Waals surface area contributed by atoms with Crippen LogP contribution in [0.2, 0.25) is 0 Å². The lowest BCUT2D eigenvalue weighted by atomic mass is 10.0. The van der Waals surface area contributed by atoms with Gasteiger partial charge in [0.1, 0.15) is 30.2 Å². The molecule has 0 bridgehead atoms. The molecular formula is C29H52N8O12. The van der Waals surface area contributed by atoms with Crippen LogP contribution in [0.25, 0.3) is 0 Å². The molecule has 15 N–H and O–H groups in total. The normalized spacial score (nSPS) is 15.2. The molecule has 0 aromatic heterocycles. The second-order valence-electron chi connectivity index (χ2n) is 11.5. The van der Waals surface area contributed by atoms with Crippen LogP contribution >= 0.6 is 0 Å². The molecule has 0 radical (unpaired) electrons. The summed E-state index contributed by atoms with van der Waals surface area (Å²) in [6.07, 6.45) is -1.33. The van der Waals surface area contributed by atoms with Crippen molar-refractivity contribution in [1.82, 2.24) is 26.6 Å². The van der Waals surface area contributed by atoms with Gasteiger partial charge in [-0.25, -0.2) is 0 Å². The Balaban J connectivity index is 6.05. The van der Waals surface area contributed by atoms with Gasteiger partial charge in [0.05, 0.1) is 12.1 Å². The third-order valence-electron chi connectivity index (χ3n) is 7.24. The molecule has 0 aliphatic carbocycles. The van der Waals surface area contributed by atoms with Crippen molar-refractivity contribution in [2.75, 3.05) is 13.1 Å². The van der Waals surface area contributed by atoms with Crippen LogP contribution in [0.15, 0.2) is 0 Å². The summed E-state index contributed by atoms with van der Waals surface area (Å²) in [4.78, 5) is 98.9. The minimum absolute atomic E-state index is 0.0938. The molecule has 0 fully saturated rings. The Kier molecular flexibility index (Phi) is 21.7. The van der Waals surface area contributed by atoms with Crippen LogP contribution in [-0.2, 0) is 38.4 Å². The first-order valence-electron chi connectivity index (χ1n) is 16.0. The van der Waals surface area contributed by atoms with E-state index in [4.69, 9.17) is 27.4 Å².